The lowest BCUT2D eigenvalue weighted by molar-refractivity contribution is -0.137. The van der Waals surface area contributed by atoms with Crippen LogP contribution in [0.4, 0.5) is 19.0 Å². The van der Waals surface area contributed by atoms with Gasteiger partial charge >= 0.3 is 6.18 Å². The lowest BCUT2D eigenvalue weighted by Gasteiger charge is -2.23. The van der Waals surface area contributed by atoms with Gasteiger partial charge in [-0.1, -0.05) is 0 Å². The van der Waals surface area contributed by atoms with E-state index in [-0.39, 0.29) is 5.91 Å². The Bertz CT molecular complexity index is 1160. The summed E-state index contributed by atoms with van der Waals surface area (Å²) in [5, 5.41) is 4.48. The molecule has 1 aliphatic rings. The summed E-state index contributed by atoms with van der Waals surface area (Å²) in [5.41, 5.74) is 3.87. The molecule has 176 valence electrons. The topological polar surface area (TPSA) is 66.6 Å². The summed E-state index contributed by atoms with van der Waals surface area (Å²) in [6.07, 6.45) is -1.86. The Morgan fingerprint density at radius 1 is 1.09 bits per heavy atom. The third-order valence-electron chi connectivity index (χ3n) is 6.12. The summed E-state index contributed by atoms with van der Waals surface area (Å²) >= 11 is 0. The molecule has 0 atom stereocenters. The first-order valence-corrected chi connectivity index (χ1v) is 11.0. The molecule has 3 aromatic heterocycles. The maximum absolute atomic E-state index is 12.9. The first-order valence-electron chi connectivity index (χ1n) is 11.0. The molecule has 1 amide bonds. The summed E-state index contributed by atoms with van der Waals surface area (Å²) in [6, 6.07) is 4.38. The van der Waals surface area contributed by atoms with E-state index in [2.05, 4.69) is 15.1 Å². The molecule has 0 bridgehead atoms. The molecule has 0 saturated carbocycles. The van der Waals surface area contributed by atoms with E-state index in [1.807, 2.05) is 41.2 Å². The van der Waals surface area contributed by atoms with Crippen LogP contribution in [0.3, 0.4) is 0 Å². The number of halogens is 3. The quantitative estimate of drug-likeness (QED) is 0.594. The summed E-state index contributed by atoms with van der Waals surface area (Å²) in [6.45, 7) is 8.17. The van der Waals surface area contributed by atoms with Crippen molar-refractivity contribution < 1.29 is 18.0 Å². The molecule has 33 heavy (non-hydrogen) atoms. The van der Waals surface area contributed by atoms with Gasteiger partial charge in [-0.25, -0.2) is 14.5 Å². The Labute approximate surface area is 190 Å². The van der Waals surface area contributed by atoms with Crippen molar-refractivity contribution >= 4 is 17.4 Å². The monoisotopic (exact) mass is 460 g/mol. The van der Waals surface area contributed by atoms with Gasteiger partial charge in [0.25, 0.3) is 0 Å². The molecule has 3 aromatic rings. The van der Waals surface area contributed by atoms with Crippen LogP contribution in [0.25, 0.3) is 5.65 Å². The van der Waals surface area contributed by atoms with E-state index in [1.54, 1.807) is 0 Å². The van der Waals surface area contributed by atoms with Crippen molar-refractivity contribution in [1.82, 2.24) is 24.5 Å². The van der Waals surface area contributed by atoms with Gasteiger partial charge in [-0.15, -0.1) is 0 Å². The largest absolute Gasteiger partial charge is 0.417 e. The van der Waals surface area contributed by atoms with E-state index < -0.39 is 11.7 Å². The molecule has 7 nitrogen and oxygen atoms in total. The Kier molecular flexibility index (Phi) is 6.27. The zero-order valence-corrected chi connectivity index (χ0v) is 19.0. The highest BCUT2D eigenvalue weighted by Gasteiger charge is 2.31. The number of carbonyl (C=O) groups is 1. The van der Waals surface area contributed by atoms with Crippen LogP contribution in [0.1, 0.15) is 41.1 Å². The average Bonchev–Trinajstić information content (AvgIpc) is 2.97. The number of pyridine rings is 1. The van der Waals surface area contributed by atoms with Gasteiger partial charge in [-0.2, -0.15) is 18.3 Å². The maximum Gasteiger partial charge on any atom is 0.417 e. The van der Waals surface area contributed by atoms with Crippen molar-refractivity contribution in [1.29, 1.82) is 0 Å². The van der Waals surface area contributed by atoms with Crippen molar-refractivity contribution in [2.24, 2.45) is 0 Å². The third kappa shape index (κ3) is 4.94. The number of aromatic nitrogens is 4. The molecule has 0 aliphatic carbocycles. The van der Waals surface area contributed by atoms with E-state index in [9.17, 15) is 18.0 Å². The number of fused-ring (bicyclic) bond motifs is 1. The van der Waals surface area contributed by atoms with Crippen LogP contribution in [0, 0.1) is 20.8 Å². The van der Waals surface area contributed by atoms with E-state index in [0.29, 0.717) is 44.8 Å². The highest BCUT2D eigenvalue weighted by molar-refractivity contribution is 5.76. The van der Waals surface area contributed by atoms with Gasteiger partial charge in [-0.3, -0.25) is 4.79 Å². The normalized spacial score (nSPS) is 15.2. The molecule has 0 aromatic carbocycles. The van der Waals surface area contributed by atoms with Gasteiger partial charge in [0.15, 0.2) is 5.65 Å². The van der Waals surface area contributed by atoms with Crippen molar-refractivity contribution in [2.75, 3.05) is 31.1 Å². The molecule has 1 saturated heterocycles. The Balaban J connectivity index is 1.38. The predicted octanol–water partition coefficient (Wildman–Crippen LogP) is 3.74. The molecule has 0 N–H and O–H groups in total. The van der Waals surface area contributed by atoms with E-state index in [4.69, 9.17) is 0 Å². The number of hydrogen-bond acceptors (Lipinski definition) is 5. The van der Waals surface area contributed by atoms with Crippen molar-refractivity contribution in [2.45, 2.75) is 46.2 Å². The number of hydrogen-bond donors (Lipinski definition) is 0. The molecule has 0 spiro atoms. The molecule has 4 heterocycles. The highest BCUT2D eigenvalue weighted by Crippen LogP contribution is 2.29. The number of carbonyl (C=O) groups excluding carboxylic acids is 1. The Morgan fingerprint density at radius 2 is 1.88 bits per heavy atom. The average molecular weight is 461 g/mol. The van der Waals surface area contributed by atoms with Crippen LogP contribution < -0.4 is 4.90 Å². The van der Waals surface area contributed by atoms with E-state index in [0.717, 1.165) is 47.0 Å². The molecule has 4 rings (SSSR count). The van der Waals surface area contributed by atoms with Crippen LogP contribution in [0.2, 0.25) is 0 Å². The van der Waals surface area contributed by atoms with Crippen LogP contribution in [0.5, 0.6) is 0 Å². The predicted molar refractivity (Wildman–Crippen MR) is 118 cm³/mol. The van der Waals surface area contributed by atoms with Gasteiger partial charge in [-0.05, 0) is 51.3 Å². The Hall–Kier alpha value is -3.17. The fraction of sp³-hybridized carbons (Fsp3) is 0.478. The zero-order chi connectivity index (χ0) is 23.8. The molecule has 0 unspecified atom stereocenters. The number of anilines is 1. The van der Waals surface area contributed by atoms with Crippen LogP contribution in [0.15, 0.2) is 24.4 Å². The van der Waals surface area contributed by atoms with E-state index in [1.165, 1.54) is 6.07 Å². The number of amides is 1. The fourth-order valence-corrected chi connectivity index (χ4v) is 4.33. The zero-order valence-electron chi connectivity index (χ0n) is 19.0. The van der Waals surface area contributed by atoms with Crippen LogP contribution >= 0.6 is 0 Å². The molecular formula is C23H27F3N6O. The molecule has 0 radical (unpaired) electrons. The van der Waals surface area contributed by atoms with Crippen molar-refractivity contribution in [3.63, 3.8) is 0 Å². The minimum Gasteiger partial charge on any atom is -0.355 e. The molecule has 1 aliphatic heterocycles. The fourth-order valence-electron chi connectivity index (χ4n) is 4.33. The number of nitrogens with zero attached hydrogens (tertiary/aromatic N) is 6. The lowest BCUT2D eigenvalue weighted by atomic mass is 10.1. The summed E-state index contributed by atoms with van der Waals surface area (Å²) in [5.74, 6) is 0.560. The summed E-state index contributed by atoms with van der Waals surface area (Å²) in [7, 11) is 0. The first kappa shape index (κ1) is 23.0. The SMILES string of the molecule is Cc1cc2nc(C)c(CCC(=O)N3CCCN(c4ccc(C(F)(F)F)cn4)CC3)c(C)n2n1. The second-order valence-electron chi connectivity index (χ2n) is 8.44. The minimum atomic E-state index is -4.40. The maximum atomic E-state index is 12.9. The van der Waals surface area contributed by atoms with Gasteiger partial charge in [0.05, 0.1) is 11.3 Å². The first-order chi connectivity index (χ1) is 15.6. The standard InChI is InChI=1S/C23H27F3N6O/c1-15-13-21-28-16(2)19(17(3)32(21)29-15)6-8-22(33)31-10-4-9-30(11-12-31)20-7-5-18(14-27-20)23(24,25)26/h5,7,13-14H,4,6,8-12H2,1-3H3. The molecule has 10 heteroatoms. The molecule has 1 fully saturated rings. The van der Waals surface area contributed by atoms with Crippen LogP contribution in [-0.2, 0) is 17.4 Å². The van der Waals surface area contributed by atoms with Gasteiger partial charge in [0, 0.05) is 56.3 Å². The summed E-state index contributed by atoms with van der Waals surface area (Å²) in [4.78, 5) is 25.3. The van der Waals surface area contributed by atoms with E-state index >= 15 is 0 Å². The highest BCUT2D eigenvalue weighted by atomic mass is 19.4. The van der Waals surface area contributed by atoms with Gasteiger partial charge < -0.3 is 9.80 Å². The molecular weight excluding hydrogens is 433 g/mol. The lowest BCUT2D eigenvalue weighted by Crippen LogP contribution is -2.35. The Morgan fingerprint density at radius 3 is 2.58 bits per heavy atom. The second kappa shape index (κ2) is 8.99. The third-order valence-corrected chi connectivity index (χ3v) is 6.12. The van der Waals surface area contributed by atoms with Gasteiger partial charge in [0.1, 0.15) is 5.82 Å². The summed E-state index contributed by atoms with van der Waals surface area (Å²) < 4.78 is 40.2. The van der Waals surface area contributed by atoms with Gasteiger partial charge in [0.2, 0.25) is 5.91 Å². The number of aryl methyl sites for hydroxylation is 3. The number of alkyl halides is 3. The van der Waals surface area contributed by atoms with Crippen molar-refractivity contribution in [3.05, 3.63) is 52.6 Å². The minimum absolute atomic E-state index is 0.0628. The smallest absolute Gasteiger partial charge is 0.355 e. The second-order valence-corrected chi connectivity index (χ2v) is 8.44. The van der Waals surface area contributed by atoms with Crippen LogP contribution in [-0.4, -0.2) is 56.6 Å². The number of rotatable bonds is 4. The van der Waals surface area contributed by atoms with Crippen molar-refractivity contribution in [3.8, 4) is 0 Å².